The minimum atomic E-state index is -3.98. The summed E-state index contributed by atoms with van der Waals surface area (Å²) in [6.07, 6.45) is 0. The average Bonchev–Trinajstić information content (AvgIpc) is 2.82. The van der Waals surface area contributed by atoms with Gasteiger partial charge in [-0.15, -0.1) is 0 Å². The summed E-state index contributed by atoms with van der Waals surface area (Å²) < 4.78 is 39.0. The fourth-order valence-electron chi connectivity index (χ4n) is 3.65. The van der Waals surface area contributed by atoms with E-state index in [1.165, 1.54) is 0 Å². The summed E-state index contributed by atoms with van der Waals surface area (Å²) in [5.41, 5.74) is 2.86. The molecule has 0 saturated heterocycles. The molecule has 0 unspecified atom stereocenters. The van der Waals surface area contributed by atoms with Crippen molar-refractivity contribution in [3.05, 3.63) is 83.4 Å². The van der Waals surface area contributed by atoms with E-state index in [0.717, 1.165) is 21.0 Å². The van der Waals surface area contributed by atoms with Gasteiger partial charge in [0.25, 0.3) is 10.0 Å². The van der Waals surface area contributed by atoms with Crippen LogP contribution in [0.25, 0.3) is 0 Å². The van der Waals surface area contributed by atoms with Crippen LogP contribution in [0.4, 0.5) is 5.69 Å². The molecule has 0 aliphatic rings. The number of anilines is 1. The third kappa shape index (κ3) is 5.51. The zero-order valence-electron chi connectivity index (χ0n) is 20.0. The molecule has 0 aliphatic heterocycles. The van der Waals surface area contributed by atoms with Gasteiger partial charge >= 0.3 is 0 Å². The molecule has 8 heteroatoms. The molecule has 180 valence electrons. The fourth-order valence-corrected chi connectivity index (χ4v) is 5.14. The van der Waals surface area contributed by atoms with E-state index in [0.29, 0.717) is 17.2 Å². The Labute approximate surface area is 201 Å². The van der Waals surface area contributed by atoms with E-state index in [1.54, 1.807) is 68.8 Å². The fraction of sp³-hybridized carbons (Fsp3) is 0.269. The number of carbonyl (C=O) groups excluding carboxylic acids is 1. The number of ether oxygens (including phenoxy) is 2. The Morgan fingerprint density at radius 1 is 0.971 bits per heavy atom. The lowest BCUT2D eigenvalue weighted by molar-refractivity contribution is -0.120. The molecule has 0 aromatic heterocycles. The van der Waals surface area contributed by atoms with Crippen molar-refractivity contribution in [1.29, 1.82) is 0 Å². The van der Waals surface area contributed by atoms with Gasteiger partial charge in [0.2, 0.25) is 5.91 Å². The van der Waals surface area contributed by atoms with Crippen LogP contribution in [0.15, 0.2) is 71.6 Å². The van der Waals surface area contributed by atoms with E-state index >= 15 is 0 Å². The summed E-state index contributed by atoms with van der Waals surface area (Å²) in [4.78, 5) is 13.2. The number of sulfonamides is 1. The molecule has 0 heterocycles. The lowest BCUT2D eigenvalue weighted by Crippen LogP contribution is -2.42. The first-order chi connectivity index (χ1) is 16.2. The number of nitrogens with zero attached hydrogens (tertiary/aromatic N) is 1. The number of aryl methyl sites for hydroxylation is 2. The number of nitrogens with one attached hydrogen (secondary N) is 1. The smallest absolute Gasteiger partial charge is 0.264 e. The van der Waals surface area contributed by atoms with Gasteiger partial charge in [0.1, 0.15) is 18.0 Å². The zero-order valence-corrected chi connectivity index (χ0v) is 20.8. The predicted octanol–water partition coefficient (Wildman–Crippen LogP) is 4.39. The topological polar surface area (TPSA) is 84.9 Å². The summed E-state index contributed by atoms with van der Waals surface area (Å²) in [6, 6.07) is 18.5. The summed E-state index contributed by atoms with van der Waals surface area (Å²) >= 11 is 0. The third-order valence-corrected chi connectivity index (χ3v) is 7.34. The summed E-state index contributed by atoms with van der Waals surface area (Å²) in [6.45, 7) is 5.13. The summed E-state index contributed by atoms with van der Waals surface area (Å²) in [5, 5.41) is 2.89. The highest BCUT2D eigenvalue weighted by molar-refractivity contribution is 7.92. The Hall–Kier alpha value is -3.52. The number of para-hydroxylation sites is 1. The molecule has 3 aromatic rings. The lowest BCUT2D eigenvalue weighted by atomic mass is 10.1. The van der Waals surface area contributed by atoms with Gasteiger partial charge in [-0.25, -0.2) is 8.42 Å². The van der Waals surface area contributed by atoms with Crippen LogP contribution in [0.2, 0.25) is 0 Å². The molecule has 1 amide bonds. The van der Waals surface area contributed by atoms with Gasteiger partial charge in [0.05, 0.1) is 30.8 Å². The Morgan fingerprint density at radius 2 is 1.65 bits per heavy atom. The monoisotopic (exact) mass is 482 g/mol. The molecule has 3 aromatic carbocycles. The normalized spacial score (nSPS) is 12.0. The average molecular weight is 483 g/mol. The molecule has 3 rings (SSSR count). The van der Waals surface area contributed by atoms with Crippen LogP contribution in [-0.2, 0) is 14.8 Å². The first-order valence-corrected chi connectivity index (χ1v) is 12.3. The molecule has 0 fully saturated rings. The lowest BCUT2D eigenvalue weighted by Gasteiger charge is -2.26. The van der Waals surface area contributed by atoms with Gasteiger partial charge in [0.15, 0.2) is 0 Å². The second kappa shape index (κ2) is 10.6. The summed E-state index contributed by atoms with van der Waals surface area (Å²) in [5.74, 6) is 0.772. The van der Waals surface area contributed by atoms with Crippen molar-refractivity contribution in [2.45, 2.75) is 31.7 Å². The molecule has 0 aliphatic carbocycles. The van der Waals surface area contributed by atoms with Crippen molar-refractivity contribution in [1.82, 2.24) is 5.32 Å². The van der Waals surface area contributed by atoms with Crippen molar-refractivity contribution < 1.29 is 22.7 Å². The van der Waals surface area contributed by atoms with E-state index in [-0.39, 0.29) is 11.4 Å². The Balaban J connectivity index is 1.92. The molecule has 1 N–H and O–H groups in total. The van der Waals surface area contributed by atoms with Crippen LogP contribution in [-0.4, -0.2) is 35.1 Å². The van der Waals surface area contributed by atoms with Crippen molar-refractivity contribution >= 4 is 21.6 Å². The Morgan fingerprint density at radius 3 is 2.26 bits per heavy atom. The molecule has 0 radical (unpaired) electrons. The summed E-state index contributed by atoms with van der Waals surface area (Å²) in [7, 11) is -0.875. The van der Waals surface area contributed by atoms with Crippen LogP contribution in [0.1, 0.15) is 29.7 Å². The molecule has 34 heavy (non-hydrogen) atoms. The Bertz CT molecular complexity index is 1260. The van der Waals surface area contributed by atoms with E-state index in [1.807, 2.05) is 32.9 Å². The molecular formula is C26H30N2O5S. The van der Waals surface area contributed by atoms with Gasteiger partial charge in [-0.1, -0.05) is 35.9 Å². The molecule has 1 atom stereocenters. The van der Waals surface area contributed by atoms with E-state index in [4.69, 9.17) is 9.47 Å². The quantitative estimate of drug-likeness (QED) is 0.489. The maximum Gasteiger partial charge on any atom is 0.264 e. The molecular weight excluding hydrogens is 452 g/mol. The largest absolute Gasteiger partial charge is 0.497 e. The molecule has 0 spiro atoms. The van der Waals surface area contributed by atoms with Crippen LogP contribution in [0.3, 0.4) is 0 Å². The number of hydrogen-bond acceptors (Lipinski definition) is 5. The van der Waals surface area contributed by atoms with Crippen molar-refractivity contribution in [2.24, 2.45) is 0 Å². The van der Waals surface area contributed by atoms with E-state index in [9.17, 15) is 13.2 Å². The van der Waals surface area contributed by atoms with Gasteiger partial charge in [-0.2, -0.15) is 0 Å². The minimum absolute atomic E-state index is 0.122. The maximum absolute atomic E-state index is 13.6. The van der Waals surface area contributed by atoms with Crippen molar-refractivity contribution in [3.63, 3.8) is 0 Å². The number of benzene rings is 3. The van der Waals surface area contributed by atoms with Crippen LogP contribution >= 0.6 is 0 Å². The van der Waals surface area contributed by atoms with E-state index in [2.05, 4.69) is 5.32 Å². The predicted molar refractivity (Wildman–Crippen MR) is 133 cm³/mol. The van der Waals surface area contributed by atoms with Gasteiger partial charge < -0.3 is 14.8 Å². The standard InChI is InChI=1S/C26H30N2O5S/c1-18-10-13-22(14-11-18)34(30,31)28(24-9-7-6-8-19(24)2)17-26(29)27-20(3)23-16-21(32-4)12-15-25(23)33-5/h6-16,20H,17H2,1-5H3,(H,27,29)/t20-/m1/s1. The van der Waals surface area contributed by atoms with Crippen LogP contribution < -0.4 is 19.1 Å². The van der Waals surface area contributed by atoms with Crippen LogP contribution in [0, 0.1) is 13.8 Å². The highest BCUT2D eigenvalue weighted by Crippen LogP contribution is 2.30. The second-order valence-corrected chi connectivity index (χ2v) is 9.87. The highest BCUT2D eigenvalue weighted by Gasteiger charge is 2.29. The van der Waals surface area contributed by atoms with Gasteiger partial charge in [-0.3, -0.25) is 9.10 Å². The molecule has 7 nitrogen and oxygen atoms in total. The second-order valence-electron chi connectivity index (χ2n) is 8.01. The van der Waals surface area contributed by atoms with Crippen molar-refractivity contribution in [3.8, 4) is 11.5 Å². The molecule has 0 bridgehead atoms. The number of amides is 1. The molecule has 0 saturated carbocycles. The third-order valence-electron chi connectivity index (χ3n) is 5.56. The number of hydrogen-bond donors (Lipinski definition) is 1. The van der Waals surface area contributed by atoms with Gasteiger partial charge in [-0.05, 0) is 62.7 Å². The number of methoxy groups -OCH3 is 2. The number of carbonyl (C=O) groups is 1. The first-order valence-electron chi connectivity index (χ1n) is 10.8. The first kappa shape index (κ1) is 25.1. The van der Waals surface area contributed by atoms with Crippen LogP contribution in [0.5, 0.6) is 11.5 Å². The van der Waals surface area contributed by atoms with E-state index < -0.39 is 22.0 Å². The SMILES string of the molecule is COc1ccc(OC)c([C@@H](C)NC(=O)CN(c2ccccc2C)S(=O)(=O)c2ccc(C)cc2)c1. The highest BCUT2D eigenvalue weighted by atomic mass is 32.2. The van der Waals surface area contributed by atoms with Crippen molar-refractivity contribution in [2.75, 3.05) is 25.1 Å². The Kier molecular flexibility index (Phi) is 7.83. The zero-order chi connectivity index (χ0) is 24.9. The van der Waals surface area contributed by atoms with Gasteiger partial charge in [0, 0.05) is 5.56 Å². The number of rotatable bonds is 9. The minimum Gasteiger partial charge on any atom is -0.497 e. The maximum atomic E-state index is 13.6.